The van der Waals surface area contributed by atoms with E-state index in [1.807, 2.05) is 0 Å². The molecule has 0 aliphatic carbocycles. The molecule has 0 fully saturated rings. The van der Waals surface area contributed by atoms with Crippen molar-refractivity contribution in [2.75, 3.05) is 13.7 Å². The third kappa shape index (κ3) is 5.11. The summed E-state index contributed by atoms with van der Waals surface area (Å²) in [6.07, 6.45) is 0. The lowest BCUT2D eigenvalue weighted by molar-refractivity contribution is -0.123. The SMILES string of the molecule is CNS(=O)(=O)c1ccc(/C(C)=N\NC(=O)COc2ccccc2F)cc1. The highest BCUT2D eigenvalue weighted by Gasteiger charge is 2.11. The van der Waals surface area contributed by atoms with E-state index in [2.05, 4.69) is 15.2 Å². The molecule has 0 unspecified atom stereocenters. The van der Waals surface area contributed by atoms with E-state index in [9.17, 15) is 17.6 Å². The zero-order valence-electron chi connectivity index (χ0n) is 14.2. The number of hydrogen-bond donors (Lipinski definition) is 2. The number of halogens is 1. The van der Waals surface area contributed by atoms with Gasteiger partial charge in [0.25, 0.3) is 5.91 Å². The van der Waals surface area contributed by atoms with Gasteiger partial charge in [0.1, 0.15) is 0 Å². The first-order valence-electron chi connectivity index (χ1n) is 7.58. The molecule has 0 spiro atoms. The Morgan fingerprint density at radius 1 is 1.15 bits per heavy atom. The minimum atomic E-state index is -3.51. The van der Waals surface area contributed by atoms with Crippen LogP contribution in [0.2, 0.25) is 0 Å². The van der Waals surface area contributed by atoms with Gasteiger partial charge in [-0.25, -0.2) is 23.0 Å². The Morgan fingerprint density at radius 2 is 1.81 bits per heavy atom. The Kier molecular flexibility index (Phi) is 6.42. The van der Waals surface area contributed by atoms with E-state index in [-0.39, 0.29) is 10.6 Å². The zero-order chi connectivity index (χ0) is 19.2. The predicted octanol–water partition coefficient (Wildman–Crippen LogP) is 1.65. The van der Waals surface area contributed by atoms with Crippen LogP contribution in [-0.2, 0) is 14.8 Å². The van der Waals surface area contributed by atoms with Crippen LogP contribution < -0.4 is 14.9 Å². The average Bonchev–Trinajstić information content (AvgIpc) is 2.65. The van der Waals surface area contributed by atoms with Gasteiger partial charge in [-0.1, -0.05) is 24.3 Å². The monoisotopic (exact) mass is 379 g/mol. The molecule has 1 amide bonds. The smallest absolute Gasteiger partial charge is 0.277 e. The largest absolute Gasteiger partial charge is 0.481 e. The Morgan fingerprint density at radius 3 is 2.42 bits per heavy atom. The molecule has 9 heteroatoms. The fourth-order valence-corrected chi connectivity index (χ4v) is 2.67. The molecule has 2 N–H and O–H groups in total. The van der Waals surface area contributed by atoms with Crippen molar-refractivity contribution >= 4 is 21.6 Å². The normalized spacial score (nSPS) is 11.9. The number of benzene rings is 2. The van der Waals surface area contributed by atoms with Crippen LogP contribution in [-0.4, -0.2) is 33.7 Å². The lowest BCUT2D eigenvalue weighted by Gasteiger charge is -2.07. The van der Waals surface area contributed by atoms with Gasteiger partial charge in [0.15, 0.2) is 18.2 Å². The van der Waals surface area contributed by atoms with Crippen molar-refractivity contribution in [3.8, 4) is 5.75 Å². The second-order valence-electron chi connectivity index (χ2n) is 5.18. The molecular formula is C17H18FN3O4S. The first-order chi connectivity index (χ1) is 12.3. The quantitative estimate of drug-likeness (QED) is 0.565. The fraction of sp³-hybridized carbons (Fsp3) is 0.176. The molecule has 0 atom stereocenters. The van der Waals surface area contributed by atoms with Gasteiger partial charge < -0.3 is 4.74 Å². The Balaban J connectivity index is 1.95. The van der Waals surface area contributed by atoms with Gasteiger partial charge in [-0.2, -0.15) is 5.10 Å². The Bertz CT molecular complexity index is 912. The van der Waals surface area contributed by atoms with Crippen molar-refractivity contribution in [2.24, 2.45) is 5.10 Å². The van der Waals surface area contributed by atoms with Gasteiger partial charge in [0.05, 0.1) is 10.6 Å². The van der Waals surface area contributed by atoms with Crippen molar-refractivity contribution < 1.29 is 22.3 Å². The van der Waals surface area contributed by atoms with E-state index in [1.165, 1.54) is 37.4 Å². The van der Waals surface area contributed by atoms with E-state index in [4.69, 9.17) is 4.74 Å². The number of hydrogen-bond acceptors (Lipinski definition) is 5. The highest BCUT2D eigenvalue weighted by molar-refractivity contribution is 7.89. The predicted molar refractivity (Wildman–Crippen MR) is 94.9 cm³/mol. The summed E-state index contributed by atoms with van der Waals surface area (Å²) in [5.41, 5.74) is 3.40. The van der Waals surface area contributed by atoms with Crippen LogP contribution in [0.15, 0.2) is 58.5 Å². The first kappa shape index (κ1) is 19.5. The number of nitrogens with zero attached hydrogens (tertiary/aromatic N) is 1. The average molecular weight is 379 g/mol. The van der Waals surface area contributed by atoms with E-state index in [1.54, 1.807) is 25.1 Å². The maximum atomic E-state index is 13.4. The summed E-state index contributed by atoms with van der Waals surface area (Å²) in [6.45, 7) is 1.26. The standard InChI is InChI=1S/C17H18FN3O4S/c1-12(13-7-9-14(10-8-13)26(23,24)19-2)20-21-17(22)11-25-16-6-4-3-5-15(16)18/h3-10,19H,11H2,1-2H3,(H,21,22)/b20-12-. The summed E-state index contributed by atoms with van der Waals surface area (Å²) >= 11 is 0. The molecule has 0 aliphatic rings. The van der Waals surface area contributed by atoms with Crippen LogP contribution in [0.4, 0.5) is 4.39 Å². The first-order valence-corrected chi connectivity index (χ1v) is 9.06. The third-order valence-electron chi connectivity index (χ3n) is 3.39. The molecule has 0 aliphatic heterocycles. The van der Waals surface area contributed by atoms with Gasteiger partial charge in [-0.15, -0.1) is 0 Å². The topological polar surface area (TPSA) is 96.9 Å². The second kappa shape index (κ2) is 8.54. The Hall–Kier alpha value is -2.78. The van der Waals surface area contributed by atoms with Crippen LogP contribution in [0.5, 0.6) is 5.75 Å². The maximum Gasteiger partial charge on any atom is 0.277 e. The van der Waals surface area contributed by atoms with E-state index in [0.717, 1.165) is 0 Å². The number of para-hydroxylation sites is 1. The molecule has 138 valence electrons. The Labute approximate surface area is 150 Å². The van der Waals surface area contributed by atoms with E-state index >= 15 is 0 Å². The highest BCUT2D eigenvalue weighted by Crippen LogP contribution is 2.15. The van der Waals surface area contributed by atoms with Crippen LogP contribution in [0.1, 0.15) is 12.5 Å². The minimum Gasteiger partial charge on any atom is -0.481 e. The van der Waals surface area contributed by atoms with Crippen molar-refractivity contribution in [1.82, 2.24) is 10.1 Å². The molecular weight excluding hydrogens is 361 g/mol. The lowest BCUT2D eigenvalue weighted by atomic mass is 10.1. The summed E-state index contributed by atoms with van der Waals surface area (Å²) in [6, 6.07) is 11.8. The molecule has 0 bridgehead atoms. The molecule has 2 aromatic carbocycles. The fourth-order valence-electron chi connectivity index (χ4n) is 1.94. The van der Waals surface area contributed by atoms with E-state index < -0.39 is 28.4 Å². The van der Waals surface area contributed by atoms with Crippen molar-refractivity contribution in [3.63, 3.8) is 0 Å². The molecule has 0 saturated carbocycles. The molecule has 0 aromatic heterocycles. The number of amides is 1. The molecule has 0 saturated heterocycles. The van der Waals surface area contributed by atoms with Crippen LogP contribution in [0, 0.1) is 5.82 Å². The van der Waals surface area contributed by atoms with Gasteiger partial charge in [0, 0.05) is 0 Å². The van der Waals surface area contributed by atoms with Crippen molar-refractivity contribution in [1.29, 1.82) is 0 Å². The van der Waals surface area contributed by atoms with Gasteiger partial charge >= 0.3 is 0 Å². The summed E-state index contributed by atoms with van der Waals surface area (Å²) in [7, 11) is -2.18. The number of ether oxygens (including phenoxy) is 1. The molecule has 2 aromatic rings. The summed E-state index contributed by atoms with van der Waals surface area (Å²) in [4.78, 5) is 11.9. The number of carbonyl (C=O) groups excluding carboxylic acids is 1. The number of carbonyl (C=O) groups is 1. The van der Waals surface area contributed by atoms with Crippen LogP contribution >= 0.6 is 0 Å². The van der Waals surface area contributed by atoms with Crippen molar-refractivity contribution in [2.45, 2.75) is 11.8 Å². The summed E-state index contributed by atoms with van der Waals surface area (Å²) < 4.78 is 44.0. The van der Waals surface area contributed by atoms with Gasteiger partial charge in [-0.3, -0.25) is 4.79 Å². The van der Waals surface area contributed by atoms with Crippen molar-refractivity contribution in [3.05, 3.63) is 59.9 Å². The third-order valence-corrected chi connectivity index (χ3v) is 4.83. The molecule has 26 heavy (non-hydrogen) atoms. The number of sulfonamides is 1. The molecule has 7 nitrogen and oxygen atoms in total. The van der Waals surface area contributed by atoms with Gasteiger partial charge in [0.2, 0.25) is 10.0 Å². The van der Waals surface area contributed by atoms with Gasteiger partial charge in [-0.05, 0) is 43.8 Å². The molecule has 0 heterocycles. The number of hydrazone groups is 1. The maximum absolute atomic E-state index is 13.4. The zero-order valence-corrected chi connectivity index (χ0v) is 15.0. The number of nitrogens with one attached hydrogen (secondary N) is 2. The van der Waals surface area contributed by atoms with Crippen LogP contribution in [0.3, 0.4) is 0 Å². The van der Waals surface area contributed by atoms with E-state index in [0.29, 0.717) is 11.3 Å². The molecule has 2 rings (SSSR count). The summed E-state index contributed by atoms with van der Waals surface area (Å²) in [5, 5.41) is 3.92. The highest BCUT2D eigenvalue weighted by atomic mass is 32.2. The minimum absolute atomic E-state index is 0.0234. The number of rotatable bonds is 7. The lowest BCUT2D eigenvalue weighted by Crippen LogP contribution is -2.25. The molecule has 0 radical (unpaired) electrons. The van der Waals surface area contributed by atoms with Crippen LogP contribution in [0.25, 0.3) is 0 Å². The second-order valence-corrected chi connectivity index (χ2v) is 7.07. The summed E-state index contributed by atoms with van der Waals surface area (Å²) in [5.74, 6) is -1.14.